The minimum Gasteiger partial charge on any atom is -0.378 e. The lowest BCUT2D eigenvalue weighted by molar-refractivity contribution is -0.140. The number of aryl methyl sites for hydroxylation is 3. The smallest absolute Gasteiger partial charge is 0.271 e. The Morgan fingerprint density at radius 1 is 0.883 bits per heavy atom. The monoisotopic (exact) mass is 1110 g/mol. The van der Waals surface area contributed by atoms with Crippen molar-refractivity contribution >= 4 is 81.1 Å². The number of likely N-dealkylation sites (N-methyl/N-ethyl adjacent to an activating group) is 1. The van der Waals surface area contributed by atoms with E-state index in [1.54, 1.807) is 31.1 Å². The number of thioether (sulfide) groups is 1. The van der Waals surface area contributed by atoms with Gasteiger partial charge in [-0.05, 0) is 64.3 Å². The summed E-state index contributed by atoms with van der Waals surface area (Å²) < 4.78 is 42.4. The third-order valence-electron chi connectivity index (χ3n) is 14.7. The molecule has 2 aromatic carbocycles. The first kappa shape index (κ1) is 57.1. The Morgan fingerprint density at radius 2 is 1.57 bits per heavy atom. The number of para-hydroxylation sites is 1. The first-order valence-corrected chi connectivity index (χ1v) is 27.6. The second kappa shape index (κ2) is 26.0. The number of hydrogen-bond acceptors (Lipinski definition) is 15. The first-order chi connectivity index (χ1) is 37.0. The van der Waals surface area contributed by atoms with Gasteiger partial charge in [-0.2, -0.15) is 0 Å². The number of carbonyl (C=O) groups excluding carboxylic acids is 5. The Kier molecular flexibility index (Phi) is 19.3. The minimum atomic E-state index is -1.16. The Morgan fingerprint density at radius 3 is 2.26 bits per heavy atom. The van der Waals surface area contributed by atoms with Gasteiger partial charge in [-0.25, -0.2) is 18.7 Å². The molecule has 1 saturated carbocycles. The number of nitrogens with two attached hydrogens (primary N) is 1. The Balaban J connectivity index is 0.775. The average Bonchev–Trinajstić information content (AvgIpc) is 4.01. The molecule has 1 unspecified atom stereocenters. The largest absolute Gasteiger partial charge is 0.378 e. The molecule has 5 heterocycles. The van der Waals surface area contributed by atoms with Gasteiger partial charge in [-0.3, -0.25) is 28.9 Å². The van der Waals surface area contributed by atoms with Gasteiger partial charge in [0, 0.05) is 96.2 Å². The van der Waals surface area contributed by atoms with Crippen molar-refractivity contribution in [1.82, 2.24) is 45.2 Å². The summed E-state index contributed by atoms with van der Waals surface area (Å²) in [6.07, 6.45) is 6.44. The SMILES string of the molecule is CN[C@@H](C)C(=O)N[C@H](C(=O)N1CCN(C(=O)c2c(C(=O)NCCOCCOCCN3CCN(c4cc(NC5SC(C(N)=O)=CN5c5c(C)cccc5Cl)nc(C)n4)CC3)c3cc(F)c(F)cc3n2C)CC1)C1CCCCC1. The van der Waals surface area contributed by atoms with Gasteiger partial charge in [0.1, 0.15) is 29.2 Å². The van der Waals surface area contributed by atoms with Crippen LogP contribution in [0.4, 0.5) is 26.1 Å². The zero-order valence-electron chi connectivity index (χ0n) is 44.3. The third kappa shape index (κ3) is 13.6. The summed E-state index contributed by atoms with van der Waals surface area (Å²) >= 11 is 7.92. The number of hydrogen-bond donors (Lipinski definition) is 5. The second-order valence-corrected chi connectivity index (χ2v) is 21.4. The topological polar surface area (TPSA) is 225 Å². The fourth-order valence-corrected chi connectivity index (χ4v) is 11.7. The van der Waals surface area contributed by atoms with Crippen LogP contribution in [0.3, 0.4) is 0 Å². The van der Waals surface area contributed by atoms with E-state index in [-0.39, 0.29) is 85.8 Å². The minimum absolute atomic E-state index is 0.0102. The zero-order valence-corrected chi connectivity index (χ0v) is 45.9. The van der Waals surface area contributed by atoms with Crippen LogP contribution in [0.25, 0.3) is 10.9 Å². The van der Waals surface area contributed by atoms with Crippen LogP contribution in [-0.2, 0) is 30.9 Å². The van der Waals surface area contributed by atoms with E-state index in [0.717, 1.165) is 87.5 Å². The highest BCUT2D eigenvalue weighted by Gasteiger charge is 2.38. The number of nitrogens with zero attached hydrogens (tertiary/aromatic N) is 8. The average molecular weight is 1110 g/mol. The van der Waals surface area contributed by atoms with Crippen LogP contribution in [0, 0.1) is 31.4 Å². The number of primary amides is 1. The molecule has 2 saturated heterocycles. The second-order valence-electron chi connectivity index (χ2n) is 19.8. The molecule has 0 spiro atoms. The van der Waals surface area contributed by atoms with Crippen molar-refractivity contribution in [3.05, 3.63) is 86.8 Å². The fourth-order valence-electron chi connectivity index (χ4n) is 10.4. The highest BCUT2D eigenvalue weighted by molar-refractivity contribution is 8.05. The van der Waals surface area contributed by atoms with Crippen molar-refractivity contribution in [2.75, 3.05) is 114 Å². The Hall–Kier alpha value is -6.11. The molecule has 4 aliphatic rings. The Labute approximate surface area is 456 Å². The van der Waals surface area contributed by atoms with Gasteiger partial charge < -0.3 is 60.6 Å². The number of amides is 5. The molecule has 6 N–H and O–H groups in total. The molecule has 77 heavy (non-hydrogen) atoms. The molecule has 20 nitrogen and oxygen atoms in total. The standard InChI is InChI=1S/C53H70ClF2N13O7S/c1-32-10-9-13-37(54)46(32)69-31-41(48(57)70)77-53(69)62-42-30-43(61-34(3)60-42)66-17-15-65(16-18-66)23-25-76-27-26-75-24-14-59-50(72)44-36-28-38(55)39(56)29-40(36)64(5)47(44)52(74)68-21-19-67(20-22-68)51(73)45(35-11-7-6-8-12-35)63-49(71)33(2)58-4/h9-10,13,28-31,33,35,45,53,58H,6-8,11-12,14-27H2,1-5H3,(H2,57,70)(H,59,72)(H,63,71)(H,60,61,62)/t33-,45-,53?/m0/s1. The molecule has 3 atom stereocenters. The van der Waals surface area contributed by atoms with Crippen LogP contribution < -0.4 is 36.8 Å². The summed E-state index contributed by atoms with van der Waals surface area (Å²) in [6.45, 7) is 11.3. The van der Waals surface area contributed by atoms with Crippen LogP contribution in [0.2, 0.25) is 5.02 Å². The van der Waals surface area contributed by atoms with E-state index in [0.29, 0.717) is 41.3 Å². The van der Waals surface area contributed by atoms with Crippen LogP contribution in [-0.4, -0.2) is 175 Å². The van der Waals surface area contributed by atoms with E-state index >= 15 is 0 Å². The van der Waals surface area contributed by atoms with Crippen molar-refractivity contribution < 1.29 is 42.2 Å². The molecule has 2 aromatic heterocycles. The van der Waals surface area contributed by atoms with Gasteiger partial charge in [0.15, 0.2) is 17.1 Å². The maximum atomic E-state index is 14.7. The van der Waals surface area contributed by atoms with Crippen molar-refractivity contribution in [3.8, 4) is 0 Å². The fraction of sp³-hybridized carbons (Fsp3) is 0.528. The van der Waals surface area contributed by atoms with Gasteiger partial charge in [0.05, 0.1) is 59.2 Å². The van der Waals surface area contributed by atoms with Gasteiger partial charge in [0.2, 0.25) is 11.8 Å². The van der Waals surface area contributed by atoms with Crippen molar-refractivity contribution in [2.24, 2.45) is 18.7 Å². The molecular formula is C53H70ClF2N13O7S. The molecule has 3 fully saturated rings. The van der Waals surface area contributed by atoms with E-state index in [4.69, 9.17) is 31.8 Å². The maximum Gasteiger partial charge on any atom is 0.271 e. The van der Waals surface area contributed by atoms with Crippen LogP contribution in [0.15, 0.2) is 47.5 Å². The lowest BCUT2D eigenvalue weighted by atomic mass is 9.83. The van der Waals surface area contributed by atoms with Gasteiger partial charge in [-0.1, -0.05) is 54.8 Å². The molecule has 1 aliphatic carbocycles. The quantitative estimate of drug-likeness (QED) is 0.0733. The van der Waals surface area contributed by atoms with Crippen molar-refractivity contribution in [3.63, 3.8) is 0 Å². The normalized spacial score (nSPS) is 18.3. The number of anilines is 3. The predicted octanol–water partition coefficient (Wildman–Crippen LogP) is 4.33. The molecule has 5 amide bonds. The highest BCUT2D eigenvalue weighted by atomic mass is 35.5. The lowest BCUT2D eigenvalue weighted by Gasteiger charge is -2.39. The maximum absolute atomic E-state index is 14.7. The number of carbonyl (C=O) groups is 5. The van der Waals surface area contributed by atoms with E-state index in [1.807, 2.05) is 36.9 Å². The van der Waals surface area contributed by atoms with Crippen molar-refractivity contribution in [1.29, 1.82) is 0 Å². The third-order valence-corrected chi connectivity index (χ3v) is 16.2. The van der Waals surface area contributed by atoms with E-state index in [2.05, 4.69) is 36.1 Å². The number of piperazine rings is 2. The van der Waals surface area contributed by atoms with E-state index in [1.165, 1.54) is 28.3 Å². The zero-order chi connectivity index (χ0) is 54.9. The number of benzene rings is 2. The summed E-state index contributed by atoms with van der Waals surface area (Å²) in [5, 5.41) is 12.8. The molecule has 416 valence electrons. The summed E-state index contributed by atoms with van der Waals surface area (Å²) in [5.41, 5.74) is 7.01. The Bertz CT molecular complexity index is 2820. The van der Waals surface area contributed by atoms with Gasteiger partial charge >= 0.3 is 0 Å². The number of ether oxygens (including phenoxy) is 2. The molecule has 0 radical (unpaired) electrons. The first-order valence-electron chi connectivity index (χ1n) is 26.3. The summed E-state index contributed by atoms with van der Waals surface area (Å²) in [5.74, 6) is -2.41. The number of fused-ring (bicyclic) bond motifs is 1. The van der Waals surface area contributed by atoms with E-state index in [9.17, 15) is 32.8 Å². The molecule has 8 rings (SSSR count). The number of aromatic nitrogens is 3. The summed E-state index contributed by atoms with van der Waals surface area (Å²) in [6, 6.07) is 8.29. The molecule has 24 heteroatoms. The van der Waals surface area contributed by atoms with Crippen molar-refractivity contribution in [2.45, 2.75) is 70.5 Å². The summed E-state index contributed by atoms with van der Waals surface area (Å²) in [4.78, 5) is 86.8. The van der Waals surface area contributed by atoms with Gasteiger partial charge in [-0.15, -0.1) is 0 Å². The summed E-state index contributed by atoms with van der Waals surface area (Å²) in [7, 11) is 3.22. The van der Waals surface area contributed by atoms with Crippen LogP contribution in [0.1, 0.15) is 71.3 Å². The number of halogens is 3. The molecular weight excluding hydrogens is 1040 g/mol. The number of rotatable bonds is 21. The molecule has 3 aliphatic heterocycles. The molecule has 0 bridgehead atoms. The van der Waals surface area contributed by atoms with Gasteiger partial charge in [0.25, 0.3) is 17.7 Å². The predicted molar refractivity (Wildman–Crippen MR) is 293 cm³/mol. The highest BCUT2D eigenvalue weighted by Crippen LogP contribution is 2.41. The van der Waals surface area contributed by atoms with Crippen LogP contribution >= 0.6 is 23.4 Å². The van der Waals surface area contributed by atoms with E-state index < -0.39 is 46.9 Å². The van der Waals surface area contributed by atoms with Crippen LogP contribution in [0.5, 0.6) is 0 Å². The number of nitrogens with one attached hydrogen (secondary N) is 4. The lowest BCUT2D eigenvalue weighted by Crippen LogP contribution is -2.59. The molecule has 4 aromatic rings.